The molecule has 7 heteroatoms. The van der Waals surface area contributed by atoms with Crippen LogP contribution in [-0.4, -0.2) is 25.5 Å². The predicted molar refractivity (Wildman–Crippen MR) is 91.7 cm³/mol. The monoisotopic (exact) mass is 350 g/mol. The van der Waals surface area contributed by atoms with Gasteiger partial charge in [0.2, 0.25) is 0 Å². The summed E-state index contributed by atoms with van der Waals surface area (Å²) in [4.78, 5) is 16.6. The highest BCUT2D eigenvalue weighted by atomic mass is 32.2. The summed E-state index contributed by atoms with van der Waals surface area (Å²) in [5.41, 5.74) is 1.87. The standard InChI is InChI=1S/C16H18N2O3S2/c1-3-10-6-12(9(2)13(19)7-10)15(20)18-16-17-8-14(22-16)23(21)11-4-5-11/h6-8,11,19H,3-5H2,1-2H3,(H,17,18,20). The number of rotatable bonds is 5. The number of amides is 1. The summed E-state index contributed by atoms with van der Waals surface area (Å²) in [6.07, 6.45) is 4.29. The van der Waals surface area contributed by atoms with Crippen LogP contribution >= 0.6 is 11.3 Å². The molecule has 1 unspecified atom stereocenters. The number of aryl methyl sites for hydroxylation is 1. The molecular formula is C16H18N2O3S2. The number of thiazole rings is 1. The Balaban J connectivity index is 1.79. The van der Waals surface area contributed by atoms with Gasteiger partial charge in [-0.15, -0.1) is 0 Å². The number of benzene rings is 1. The van der Waals surface area contributed by atoms with Gasteiger partial charge < -0.3 is 5.11 Å². The molecular weight excluding hydrogens is 332 g/mol. The maximum atomic E-state index is 12.4. The van der Waals surface area contributed by atoms with Gasteiger partial charge in [0.25, 0.3) is 5.91 Å². The van der Waals surface area contributed by atoms with E-state index in [0.717, 1.165) is 24.8 Å². The zero-order valence-electron chi connectivity index (χ0n) is 13.0. The lowest BCUT2D eigenvalue weighted by Crippen LogP contribution is -2.13. The van der Waals surface area contributed by atoms with E-state index in [0.29, 0.717) is 20.5 Å². The molecule has 2 N–H and O–H groups in total. The van der Waals surface area contributed by atoms with Crippen LogP contribution in [0.1, 0.15) is 41.3 Å². The van der Waals surface area contributed by atoms with E-state index in [1.165, 1.54) is 11.3 Å². The summed E-state index contributed by atoms with van der Waals surface area (Å²) in [5.74, 6) is -0.199. The van der Waals surface area contributed by atoms with Gasteiger partial charge in [0.1, 0.15) is 9.96 Å². The number of aromatic hydroxyl groups is 1. The Labute approximate surface area is 141 Å². The minimum atomic E-state index is -1.01. The van der Waals surface area contributed by atoms with Crippen molar-refractivity contribution < 1.29 is 14.1 Å². The molecule has 1 aliphatic rings. The number of nitrogens with one attached hydrogen (secondary N) is 1. The van der Waals surface area contributed by atoms with Gasteiger partial charge in [0.05, 0.1) is 17.0 Å². The molecule has 1 saturated carbocycles. The maximum Gasteiger partial charge on any atom is 0.257 e. The van der Waals surface area contributed by atoms with Crippen molar-refractivity contribution in [3.8, 4) is 5.75 Å². The van der Waals surface area contributed by atoms with Gasteiger partial charge >= 0.3 is 0 Å². The van der Waals surface area contributed by atoms with Crippen molar-refractivity contribution in [1.29, 1.82) is 0 Å². The minimum Gasteiger partial charge on any atom is -0.508 e. The fraction of sp³-hybridized carbons (Fsp3) is 0.375. The van der Waals surface area contributed by atoms with Crippen LogP contribution in [0.5, 0.6) is 5.75 Å². The molecule has 3 rings (SSSR count). The van der Waals surface area contributed by atoms with Gasteiger partial charge in [-0.05, 0) is 43.9 Å². The van der Waals surface area contributed by atoms with Crippen molar-refractivity contribution in [2.45, 2.75) is 42.6 Å². The molecule has 0 bridgehead atoms. The Morgan fingerprint density at radius 1 is 1.48 bits per heavy atom. The second-order valence-electron chi connectivity index (χ2n) is 5.58. The van der Waals surface area contributed by atoms with Crippen molar-refractivity contribution in [3.63, 3.8) is 0 Å². The zero-order chi connectivity index (χ0) is 16.6. The van der Waals surface area contributed by atoms with E-state index in [9.17, 15) is 14.1 Å². The van der Waals surface area contributed by atoms with E-state index in [4.69, 9.17) is 0 Å². The average Bonchev–Trinajstić information content (AvgIpc) is 3.28. The van der Waals surface area contributed by atoms with Gasteiger partial charge in [-0.1, -0.05) is 18.3 Å². The third kappa shape index (κ3) is 3.45. The van der Waals surface area contributed by atoms with E-state index < -0.39 is 10.8 Å². The number of hydrogen-bond acceptors (Lipinski definition) is 5. The van der Waals surface area contributed by atoms with Gasteiger partial charge in [0.15, 0.2) is 5.13 Å². The van der Waals surface area contributed by atoms with Crippen LogP contribution in [0.25, 0.3) is 0 Å². The molecule has 1 amide bonds. The van der Waals surface area contributed by atoms with E-state index in [1.807, 2.05) is 6.92 Å². The van der Waals surface area contributed by atoms with Crippen molar-refractivity contribution in [3.05, 3.63) is 35.0 Å². The molecule has 0 aliphatic heterocycles. The van der Waals surface area contributed by atoms with Crippen molar-refractivity contribution in [1.82, 2.24) is 4.98 Å². The highest BCUT2D eigenvalue weighted by molar-refractivity contribution is 7.88. The first-order valence-electron chi connectivity index (χ1n) is 7.49. The Hall–Kier alpha value is -1.73. The lowest BCUT2D eigenvalue weighted by Gasteiger charge is -2.09. The lowest BCUT2D eigenvalue weighted by molar-refractivity contribution is 0.102. The molecule has 1 aliphatic carbocycles. The largest absolute Gasteiger partial charge is 0.508 e. The summed E-state index contributed by atoms with van der Waals surface area (Å²) in [7, 11) is -1.01. The smallest absolute Gasteiger partial charge is 0.257 e. The second-order valence-corrected chi connectivity index (χ2v) is 8.57. The van der Waals surface area contributed by atoms with Crippen LogP contribution in [0.2, 0.25) is 0 Å². The fourth-order valence-corrected chi connectivity index (χ4v) is 4.79. The molecule has 2 aromatic rings. The summed E-state index contributed by atoms with van der Waals surface area (Å²) < 4.78 is 12.8. The normalized spacial score (nSPS) is 15.4. The molecule has 1 fully saturated rings. The highest BCUT2D eigenvalue weighted by Gasteiger charge is 2.30. The molecule has 5 nitrogen and oxygen atoms in total. The number of phenolic OH excluding ortho intramolecular Hbond substituents is 1. The third-order valence-electron chi connectivity index (χ3n) is 3.82. The van der Waals surface area contributed by atoms with Gasteiger partial charge in [0, 0.05) is 16.4 Å². The molecule has 0 saturated heterocycles. The van der Waals surface area contributed by atoms with E-state index in [2.05, 4.69) is 10.3 Å². The molecule has 1 heterocycles. The van der Waals surface area contributed by atoms with Crippen LogP contribution < -0.4 is 5.32 Å². The van der Waals surface area contributed by atoms with E-state index in [1.54, 1.807) is 25.3 Å². The van der Waals surface area contributed by atoms with Crippen LogP contribution in [0, 0.1) is 6.92 Å². The van der Waals surface area contributed by atoms with E-state index in [-0.39, 0.29) is 16.9 Å². The molecule has 0 spiro atoms. The third-order valence-corrected chi connectivity index (χ3v) is 6.85. The first-order chi connectivity index (χ1) is 11.0. The molecule has 23 heavy (non-hydrogen) atoms. The summed E-state index contributed by atoms with van der Waals surface area (Å²) in [5, 5.41) is 13.4. The number of carbonyl (C=O) groups excluding carboxylic acids is 1. The summed E-state index contributed by atoms with van der Waals surface area (Å²) in [6, 6.07) is 3.45. The van der Waals surface area contributed by atoms with E-state index >= 15 is 0 Å². The van der Waals surface area contributed by atoms with Crippen LogP contribution in [0.4, 0.5) is 5.13 Å². The second kappa shape index (κ2) is 6.41. The fourth-order valence-electron chi connectivity index (χ4n) is 2.22. The predicted octanol–water partition coefficient (Wildman–Crippen LogP) is 3.24. The Morgan fingerprint density at radius 3 is 2.87 bits per heavy atom. The van der Waals surface area contributed by atoms with Crippen LogP contribution in [-0.2, 0) is 17.2 Å². The Kier molecular flexibility index (Phi) is 4.50. The van der Waals surface area contributed by atoms with Crippen molar-refractivity contribution in [2.75, 3.05) is 5.32 Å². The summed E-state index contributed by atoms with van der Waals surface area (Å²) >= 11 is 1.25. The minimum absolute atomic E-state index is 0.115. The quantitative estimate of drug-likeness (QED) is 0.867. The van der Waals surface area contributed by atoms with Crippen molar-refractivity contribution >= 4 is 33.2 Å². The first-order valence-corrected chi connectivity index (χ1v) is 9.52. The molecule has 1 atom stereocenters. The first kappa shape index (κ1) is 16.1. The molecule has 0 radical (unpaired) electrons. The number of aromatic nitrogens is 1. The summed E-state index contributed by atoms with van der Waals surface area (Å²) in [6.45, 7) is 3.67. The Morgan fingerprint density at radius 2 is 2.22 bits per heavy atom. The van der Waals surface area contributed by atoms with Crippen molar-refractivity contribution in [2.24, 2.45) is 0 Å². The molecule has 1 aromatic heterocycles. The van der Waals surface area contributed by atoms with Crippen LogP contribution in [0.3, 0.4) is 0 Å². The number of carbonyl (C=O) groups is 1. The SMILES string of the molecule is CCc1cc(O)c(C)c(C(=O)Nc2ncc(S(=O)C3CC3)s2)c1. The number of nitrogens with zero attached hydrogens (tertiary/aromatic N) is 1. The average molecular weight is 350 g/mol. The topological polar surface area (TPSA) is 79.3 Å². The zero-order valence-corrected chi connectivity index (χ0v) is 14.6. The van der Waals surface area contributed by atoms with Gasteiger partial charge in [-0.2, -0.15) is 0 Å². The van der Waals surface area contributed by atoms with Gasteiger partial charge in [-0.3, -0.25) is 14.3 Å². The molecule has 122 valence electrons. The maximum absolute atomic E-state index is 12.4. The highest BCUT2D eigenvalue weighted by Crippen LogP contribution is 2.34. The Bertz CT molecular complexity index is 782. The number of phenols is 1. The number of anilines is 1. The molecule has 1 aromatic carbocycles. The lowest BCUT2D eigenvalue weighted by atomic mass is 10.0. The number of hydrogen-bond donors (Lipinski definition) is 2. The van der Waals surface area contributed by atoms with Gasteiger partial charge in [-0.25, -0.2) is 4.98 Å². The van der Waals surface area contributed by atoms with Crippen LogP contribution in [0.15, 0.2) is 22.5 Å².